The van der Waals surface area contributed by atoms with E-state index in [1.54, 1.807) is 26.4 Å². The molecule has 1 N–H and O–H groups in total. The molecular weight excluding hydrogens is 297 g/mol. The van der Waals surface area contributed by atoms with Crippen LogP contribution < -0.4 is 9.47 Å². The standard InChI is InChI=1S/C18H22FNO3/c1-22-16-8-7-15(18(11-16)23-2)13-20(9-10-21)12-14-5-3-4-6-17(14)19/h3-8,11,21H,9-10,12-13H2,1-2H3. The summed E-state index contributed by atoms with van der Waals surface area (Å²) < 4.78 is 24.4. The van der Waals surface area contributed by atoms with Crippen molar-refractivity contribution in [1.29, 1.82) is 0 Å². The van der Waals surface area contributed by atoms with Gasteiger partial charge in [-0.05, 0) is 12.1 Å². The van der Waals surface area contributed by atoms with Crippen molar-refractivity contribution in [2.45, 2.75) is 13.1 Å². The SMILES string of the molecule is COc1ccc(CN(CCO)Cc2ccccc2F)c(OC)c1. The van der Waals surface area contributed by atoms with E-state index in [-0.39, 0.29) is 12.4 Å². The van der Waals surface area contributed by atoms with Crippen LogP contribution in [0.3, 0.4) is 0 Å². The van der Waals surface area contributed by atoms with Gasteiger partial charge in [-0.15, -0.1) is 0 Å². The summed E-state index contributed by atoms with van der Waals surface area (Å²) in [4.78, 5) is 1.97. The zero-order valence-electron chi connectivity index (χ0n) is 13.5. The maximum atomic E-state index is 13.8. The molecule has 0 saturated heterocycles. The fraction of sp³-hybridized carbons (Fsp3) is 0.333. The van der Waals surface area contributed by atoms with Crippen molar-refractivity contribution >= 4 is 0 Å². The first kappa shape index (κ1) is 17.2. The van der Waals surface area contributed by atoms with Crippen LogP contribution in [0.4, 0.5) is 4.39 Å². The van der Waals surface area contributed by atoms with Gasteiger partial charge in [0.25, 0.3) is 0 Å². The molecule has 0 heterocycles. The van der Waals surface area contributed by atoms with Crippen molar-refractivity contribution < 1.29 is 19.0 Å². The Labute approximate surface area is 136 Å². The van der Waals surface area contributed by atoms with Gasteiger partial charge in [-0.25, -0.2) is 4.39 Å². The van der Waals surface area contributed by atoms with E-state index in [4.69, 9.17) is 9.47 Å². The molecule has 0 saturated carbocycles. The molecule has 0 atom stereocenters. The van der Waals surface area contributed by atoms with E-state index in [1.165, 1.54) is 6.07 Å². The highest BCUT2D eigenvalue weighted by atomic mass is 19.1. The fourth-order valence-electron chi connectivity index (χ4n) is 2.45. The Kier molecular flexibility index (Phi) is 6.38. The number of hydrogen-bond acceptors (Lipinski definition) is 4. The van der Waals surface area contributed by atoms with E-state index in [2.05, 4.69) is 0 Å². The maximum absolute atomic E-state index is 13.8. The molecule has 0 spiro atoms. The second-order valence-corrected chi connectivity index (χ2v) is 5.20. The number of ether oxygens (including phenoxy) is 2. The Hall–Kier alpha value is -2.11. The fourth-order valence-corrected chi connectivity index (χ4v) is 2.45. The van der Waals surface area contributed by atoms with Crippen LogP contribution in [0.5, 0.6) is 11.5 Å². The summed E-state index contributed by atoms with van der Waals surface area (Å²) in [7, 11) is 3.20. The molecule has 0 aliphatic heterocycles. The summed E-state index contributed by atoms with van der Waals surface area (Å²) in [5.74, 6) is 1.19. The summed E-state index contributed by atoms with van der Waals surface area (Å²) in [5.41, 5.74) is 1.56. The molecular formula is C18H22FNO3. The van der Waals surface area contributed by atoms with Gasteiger partial charge in [0.05, 0.1) is 20.8 Å². The van der Waals surface area contributed by atoms with Crippen LogP contribution in [0, 0.1) is 5.82 Å². The molecule has 5 heteroatoms. The van der Waals surface area contributed by atoms with Gasteiger partial charge < -0.3 is 14.6 Å². The van der Waals surface area contributed by atoms with Gasteiger partial charge in [-0.3, -0.25) is 4.90 Å². The van der Waals surface area contributed by atoms with E-state index in [0.717, 1.165) is 5.56 Å². The largest absolute Gasteiger partial charge is 0.497 e. The highest BCUT2D eigenvalue weighted by Crippen LogP contribution is 2.26. The van der Waals surface area contributed by atoms with Gasteiger partial charge in [0.2, 0.25) is 0 Å². The molecule has 23 heavy (non-hydrogen) atoms. The van der Waals surface area contributed by atoms with Crippen molar-refractivity contribution in [1.82, 2.24) is 4.90 Å². The number of aliphatic hydroxyl groups is 1. The maximum Gasteiger partial charge on any atom is 0.127 e. The minimum atomic E-state index is -0.239. The Morgan fingerprint density at radius 3 is 2.39 bits per heavy atom. The molecule has 2 rings (SSSR count). The molecule has 124 valence electrons. The van der Waals surface area contributed by atoms with Crippen LogP contribution in [0.2, 0.25) is 0 Å². The summed E-state index contributed by atoms with van der Waals surface area (Å²) >= 11 is 0. The average Bonchev–Trinajstić information content (AvgIpc) is 2.57. The second kappa shape index (κ2) is 8.50. The van der Waals surface area contributed by atoms with Crippen LogP contribution in [0.1, 0.15) is 11.1 Å². The van der Waals surface area contributed by atoms with Crippen molar-refractivity contribution in [2.24, 2.45) is 0 Å². The molecule has 0 aliphatic carbocycles. The second-order valence-electron chi connectivity index (χ2n) is 5.20. The first-order valence-electron chi connectivity index (χ1n) is 7.45. The molecule has 0 amide bonds. The molecule has 4 nitrogen and oxygen atoms in total. The predicted molar refractivity (Wildman–Crippen MR) is 87.1 cm³/mol. The number of methoxy groups -OCH3 is 2. The van der Waals surface area contributed by atoms with E-state index < -0.39 is 0 Å². The van der Waals surface area contributed by atoms with E-state index in [0.29, 0.717) is 36.7 Å². The zero-order chi connectivity index (χ0) is 16.7. The molecule has 2 aromatic rings. The third-order valence-electron chi connectivity index (χ3n) is 3.66. The molecule has 0 fully saturated rings. The Morgan fingerprint density at radius 1 is 1.00 bits per heavy atom. The highest BCUT2D eigenvalue weighted by Gasteiger charge is 2.13. The minimum absolute atomic E-state index is 0.00687. The summed E-state index contributed by atoms with van der Waals surface area (Å²) in [6.07, 6.45) is 0. The van der Waals surface area contributed by atoms with Crippen LogP contribution in [-0.2, 0) is 13.1 Å². The van der Waals surface area contributed by atoms with E-state index in [1.807, 2.05) is 29.2 Å². The Balaban J connectivity index is 2.17. The molecule has 0 aliphatic rings. The number of halogens is 1. The minimum Gasteiger partial charge on any atom is -0.497 e. The summed E-state index contributed by atoms with van der Waals surface area (Å²) in [6, 6.07) is 12.3. The quantitative estimate of drug-likeness (QED) is 0.812. The molecule has 2 aromatic carbocycles. The zero-order valence-corrected chi connectivity index (χ0v) is 13.5. The molecule has 0 unspecified atom stereocenters. The van der Waals surface area contributed by atoms with Crippen LogP contribution in [0.15, 0.2) is 42.5 Å². The lowest BCUT2D eigenvalue weighted by molar-refractivity contribution is 0.181. The first-order chi connectivity index (χ1) is 11.2. The lowest BCUT2D eigenvalue weighted by Gasteiger charge is -2.23. The number of hydrogen-bond donors (Lipinski definition) is 1. The molecule has 0 bridgehead atoms. The smallest absolute Gasteiger partial charge is 0.127 e. The highest BCUT2D eigenvalue weighted by molar-refractivity contribution is 5.40. The average molecular weight is 319 g/mol. The Morgan fingerprint density at radius 2 is 1.74 bits per heavy atom. The summed E-state index contributed by atoms with van der Waals surface area (Å²) in [5, 5.41) is 9.28. The number of aliphatic hydroxyl groups excluding tert-OH is 1. The van der Waals surface area contributed by atoms with Crippen molar-refractivity contribution in [3.63, 3.8) is 0 Å². The lowest BCUT2D eigenvalue weighted by atomic mass is 10.1. The third kappa shape index (κ3) is 4.68. The lowest BCUT2D eigenvalue weighted by Crippen LogP contribution is -2.26. The molecule has 0 radical (unpaired) electrons. The van der Waals surface area contributed by atoms with Gasteiger partial charge in [0, 0.05) is 36.8 Å². The van der Waals surface area contributed by atoms with Crippen LogP contribution >= 0.6 is 0 Å². The van der Waals surface area contributed by atoms with Gasteiger partial charge in [-0.1, -0.05) is 24.3 Å². The van der Waals surface area contributed by atoms with Crippen LogP contribution in [0.25, 0.3) is 0 Å². The molecule has 0 aromatic heterocycles. The topological polar surface area (TPSA) is 41.9 Å². The Bertz CT molecular complexity index is 633. The number of benzene rings is 2. The van der Waals surface area contributed by atoms with Crippen LogP contribution in [-0.4, -0.2) is 37.4 Å². The first-order valence-corrected chi connectivity index (χ1v) is 7.45. The van der Waals surface area contributed by atoms with Crippen molar-refractivity contribution in [3.05, 3.63) is 59.4 Å². The van der Waals surface area contributed by atoms with Gasteiger partial charge in [0.1, 0.15) is 17.3 Å². The monoisotopic (exact) mass is 319 g/mol. The predicted octanol–water partition coefficient (Wildman–Crippen LogP) is 2.84. The van der Waals surface area contributed by atoms with E-state index >= 15 is 0 Å². The van der Waals surface area contributed by atoms with Gasteiger partial charge in [-0.2, -0.15) is 0 Å². The summed E-state index contributed by atoms with van der Waals surface area (Å²) in [6.45, 7) is 1.42. The number of rotatable bonds is 8. The normalized spacial score (nSPS) is 10.8. The van der Waals surface area contributed by atoms with Gasteiger partial charge in [0.15, 0.2) is 0 Å². The third-order valence-corrected chi connectivity index (χ3v) is 3.66. The van der Waals surface area contributed by atoms with E-state index in [9.17, 15) is 9.50 Å². The van der Waals surface area contributed by atoms with Gasteiger partial charge >= 0.3 is 0 Å². The van der Waals surface area contributed by atoms with Crippen molar-refractivity contribution in [2.75, 3.05) is 27.4 Å². The van der Waals surface area contributed by atoms with Crippen molar-refractivity contribution in [3.8, 4) is 11.5 Å². The number of nitrogens with zero attached hydrogens (tertiary/aromatic N) is 1.